The van der Waals surface area contributed by atoms with Crippen LogP contribution in [0.4, 0.5) is 16.2 Å². The van der Waals surface area contributed by atoms with E-state index in [1.807, 2.05) is 30.3 Å². The molecule has 1 saturated heterocycles. The van der Waals surface area contributed by atoms with Gasteiger partial charge in [0, 0.05) is 12.1 Å². The average Bonchev–Trinajstić information content (AvgIpc) is 2.86. The summed E-state index contributed by atoms with van der Waals surface area (Å²) in [7, 11) is 0. The van der Waals surface area contributed by atoms with Gasteiger partial charge in [-0.05, 0) is 18.6 Å². The fraction of sp³-hybridized carbons (Fsp3) is 0.235. The Morgan fingerprint density at radius 3 is 2.60 bits per heavy atom. The zero-order valence-corrected chi connectivity index (χ0v) is 13.5. The van der Waals surface area contributed by atoms with E-state index < -0.39 is 23.3 Å². The maximum atomic E-state index is 12.0. The molecule has 0 aliphatic carbocycles. The number of anilines is 1. The lowest BCUT2D eigenvalue weighted by atomic mass is 10.2. The lowest BCUT2D eigenvalue weighted by molar-refractivity contribution is -0.385. The Labute approximate surface area is 143 Å². The van der Waals surface area contributed by atoms with Crippen molar-refractivity contribution in [1.82, 2.24) is 0 Å². The summed E-state index contributed by atoms with van der Waals surface area (Å²) in [6.45, 7) is 1.91. The molecule has 8 nitrogen and oxygen atoms in total. The number of carbonyl (C=O) groups excluding carboxylic acids is 1. The Morgan fingerprint density at radius 1 is 1.28 bits per heavy atom. The van der Waals surface area contributed by atoms with Crippen LogP contribution in [0.1, 0.15) is 12.5 Å². The molecule has 8 heteroatoms. The Bertz CT molecular complexity index is 796. The molecule has 1 heterocycles. The molecular formula is C17H17N3O5. The number of amides is 1. The minimum atomic E-state index is -0.753. The van der Waals surface area contributed by atoms with Crippen molar-refractivity contribution in [1.29, 1.82) is 0 Å². The number of nitro benzene ring substituents is 1. The number of nitrogens with zero attached hydrogens (tertiary/aromatic N) is 2. The summed E-state index contributed by atoms with van der Waals surface area (Å²) in [6.07, 6.45) is -1.35. The number of carbonyl (C=O) groups is 1. The maximum absolute atomic E-state index is 12.0. The SMILES string of the molecule is CC1[C@@H](N)OC(=O)N1c1ccc([N+](=O)[O-])c(OCc2ccccc2)c1. The molecule has 0 radical (unpaired) electrons. The monoisotopic (exact) mass is 343 g/mol. The quantitative estimate of drug-likeness (QED) is 0.660. The Kier molecular flexibility index (Phi) is 4.53. The molecule has 25 heavy (non-hydrogen) atoms. The van der Waals surface area contributed by atoms with E-state index in [-0.39, 0.29) is 18.0 Å². The van der Waals surface area contributed by atoms with Gasteiger partial charge in [0.25, 0.3) is 0 Å². The lowest BCUT2D eigenvalue weighted by Gasteiger charge is -2.20. The topological polar surface area (TPSA) is 108 Å². The summed E-state index contributed by atoms with van der Waals surface area (Å²) in [5.41, 5.74) is 6.85. The summed E-state index contributed by atoms with van der Waals surface area (Å²) >= 11 is 0. The predicted octanol–water partition coefficient (Wildman–Crippen LogP) is 2.80. The van der Waals surface area contributed by atoms with Crippen molar-refractivity contribution >= 4 is 17.5 Å². The van der Waals surface area contributed by atoms with Gasteiger partial charge >= 0.3 is 11.8 Å². The molecule has 3 rings (SSSR count). The maximum Gasteiger partial charge on any atom is 0.416 e. The highest BCUT2D eigenvalue weighted by Crippen LogP contribution is 2.35. The highest BCUT2D eigenvalue weighted by molar-refractivity contribution is 5.91. The van der Waals surface area contributed by atoms with Crippen LogP contribution in [0, 0.1) is 10.1 Å². The molecule has 1 amide bonds. The third-order valence-electron chi connectivity index (χ3n) is 3.97. The van der Waals surface area contributed by atoms with E-state index in [9.17, 15) is 14.9 Å². The zero-order chi connectivity index (χ0) is 18.0. The minimum Gasteiger partial charge on any atom is -0.482 e. The van der Waals surface area contributed by atoms with E-state index in [2.05, 4.69) is 0 Å². The van der Waals surface area contributed by atoms with Crippen molar-refractivity contribution in [2.45, 2.75) is 25.8 Å². The van der Waals surface area contributed by atoms with Crippen molar-refractivity contribution in [3.63, 3.8) is 0 Å². The van der Waals surface area contributed by atoms with Crippen LogP contribution in [0.3, 0.4) is 0 Å². The van der Waals surface area contributed by atoms with Gasteiger partial charge in [-0.2, -0.15) is 0 Å². The second kappa shape index (κ2) is 6.78. The standard InChI is InChI=1S/C17H17N3O5/c1-11-16(18)25-17(21)19(11)13-7-8-14(20(22)23)15(9-13)24-10-12-5-3-2-4-6-12/h2-9,11,16H,10,18H2,1H3/t11?,16-/m0/s1. The second-order valence-electron chi connectivity index (χ2n) is 5.64. The molecule has 2 N–H and O–H groups in total. The average molecular weight is 343 g/mol. The summed E-state index contributed by atoms with van der Waals surface area (Å²) in [5, 5.41) is 11.2. The number of rotatable bonds is 5. The molecule has 1 unspecified atom stereocenters. The van der Waals surface area contributed by atoms with E-state index in [1.165, 1.54) is 23.1 Å². The van der Waals surface area contributed by atoms with Crippen LogP contribution in [0.5, 0.6) is 5.75 Å². The van der Waals surface area contributed by atoms with Crippen LogP contribution in [0.15, 0.2) is 48.5 Å². The minimum absolute atomic E-state index is 0.0758. The van der Waals surface area contributed by atoms with Gasteiger partial charge in [0.05, 0.1) is 16.7 Å². The van der Waals surface area contributed by atoms with Crippen LogP contribution in [0.25, 0.3) is 0 Å². The Morgan fingerprint density at radius 2 is 2.00 bits per heavy atom. The molecule has 0 aromatic heterocycles. The van der Waals surface area contributed by atoms with Crippen molar-refractivity contribution in [2.75, 3.05) is 4.90 Å². The van der Waals surface area contributed by atoms with Crippen LogP contribution >= 0.6 is 0 Å². The first kappa shape index (κ1) is 16.7. The molecular weight excluding hydrogens is 326 g/mol. The fourth-order valence-corrected chi connectivity index (χ4v) is 2.58. The van der Waals surface area contributed by atoms with Crippen LogP contribution in [-0.2, 0) is 11.3 Å². The first-order valence-electron chi connectivity index (χ1n) is 7.68. The second-order valence-corrected chi connectivity index (χ2v) is 5.64. The molecule has 130 valence electrons. The molecule has 2 aromatic rings. The molecule has 2 aromatic carbocycles. The Hall–Kier alpha value is -3.13. The van der Waals surface area contributed by atoms with Crippen LogP contribution < -0.4 is 15.4 Å². The summed E-state index contributed by atoms with van der Waals surface area (Å²) in [5.74, 6) is 0.0758. The fourth-order valence-electron chi connectivity index (χ4n) is 2.58. The van der Waals surface area contributed by atoms with Crippen molar-refractivity contribution in [3.8, 4) is 5.75 Å². The number of cyclic esters (lactones) is 1. The molecule has 0 bridgehead atoms. The van der Waals surface area contributed by atoms with Gasteiger partial charge in [0.1, 0.15) is 6.61 Å². The third-order valence-corrected chi connectivity index (χ3v) is 3.97. The number of nitro groups is 1. The third kappa shape index (κ3) is 3.38. The van der Waals surface area contributed by atoms with Crippen LogP contribution in [-0.4, -0.2) is 23.3 Å². The summed E-state index contributed by atoms with van der Waals surface area (Å²) < 4.78 is 10.6. The molecule has 0 saturated carbocycles. The van der Waals surface area contributed by atoms with Gasteiger partial charge in [-0.1, -0.05) is 30.3 Å². The van der Waals surface area contributed by atoms with Crippen molar-refractivity contribution in [2.24, 2.45) is 5.73 Å². The number of ether oxygens (including phenoxy) is 2. The van der Waals surface area contributed by atoms with E-state index in [1.54, 1.807) is 6.92 Å². The zero-order valence-electron chi connectivity index (χ0n) is 13.5. The molecule has 0 spiro atoms. The predicted molar refractivity (Wildman–Crippen MR) is 90.3 cm³/mol. The van der Waals surface area contributed by atoms with Gasteiger partial charge in [-0.25, -0.2) is 4.79 Å². The number of hydrogen-bond donors (Lipinski definition) is 1. The van der Waals surface area contributed by atoms with Gasteiger partial charge < -0.3 is 9.47 Å². The Balaban J connectivity index is 1.90. The van der Waals surface area contributed by atoms with Gasteiger partial charge in [-0.3, -0.25) is 20.7 Å². The van der Waals surface area contributed by atoms with E-state index in [0.717, 1.165) is 5.56 Å². The van der Waals surface area contributed by atoms with Crippen LogP contribution in [0.2, 0.25) is 0 Å². The number of nitrogens with two attached hydrogens (primary N) is 1. The smallest absolute Gasteiger partial charge is 0.416 e. The van der Waals surface area contributed by atoms with Crippen molar-refractivity contribution in [3.05, 3.63) is 64.2 Å². The largest absolute Gasteiger partial charge is 0.482 e. The molecule has 1 aliphatic rings. The highest BCUT2D eigenvalue weighted by atomic mass is 16.6. The first-order valence-corrected chi connectivity index (χ1v) is 7.68. The van der Waals surface area contributed by atoms with E-state index in [4.69, 9.17) is 15.2 Å². The van der Waals surface area contributed by atoms with E-state index >= 15 is 0 Å². The van der Waals surface area contributed by atoms with Crippen molar-refractivity contribution < 1.29 is 19.2 Å². The van der Waals surface area contributed by atoms with E-state index in [0.29, 0.717) is 5.69 Å². The first-order chi connectivity index (χ1) is 12.0. The summed E-state index contributed by atoms with van der Waals surface area (Å²) in [6, 6.07) is 13.1. The molecule has 1 aliphatic heterocycles. The molecule has 2 atom stereocenters. The number of hydrogen-bond acceptors (Lipinski definition) is 6. The van der Waals surface area contributed by atoms with Gasteiger partial charge in [0.2, 0.25) is 0 Å². The normalized spacial score (nSPS) is 19.6. The number of benzene rings is 2. The van der Waals surface area contributed by atoms with Gasteiger partial charge in [-0.15, -0.1) is 0 Å². The molecule has 1 fully saturated rings. The van der Waals surface area contributed by atoms with Gasteiger partial charge in [0.15, 0.2) is 12.0 Å². The summed E-state index contributed by atoms with van der Waals surface area (Å²) in [4.78, 5) is 24.0. The lowest BCUT2D eigenvalue weighted by Crippen LogP contribution is -2.37. The highest BCUT2D eigenvalue weighted by Gasteiger charge is 2.38.